The van der Waals surface area contributed by atoms with Crippen LogP contribution in [0.1, 0.15) is 43.0 Å². The van der Waals surface area contributed by atoms with Gasteiger partial charge in [0.05, 0.1) is 0 Å². The van der Waals surface area contributed by atoms with E-state index in [1.165, 1.54) is 25.7 Å². The lowest BCUT2D eigenvalue weighted by molar-refractivity contribution is 0.317. The fourth-order valence-corrected chi connectivity index (χ4v) is 3.18. The van der Waals surface area contributed by atoms with Crippen LogP contribution in [0.15, 0.2) is 29.0 Å². The first-order chi connectivity index (χ1) is 10.3. The van der Waals surface area contributed by atoms with Gasteiger partial charge >= 0.3 is 0 Å². The molecule has 1 atom stereocenters. The Morgan fingerprint density at radius 2 is 2.05 bits per heavy atom. The van der Waals surface area contributed by atoms with Gasteiger partial charge in [0, 0.05) is 31.3 Å². The largest absolute Gasteiger partial charge is 0.339 e. The summed E-state index contributed by atoms with van der Waals surface area (Å²) in [7, 11) is 2.03. The Bertz CT molecular complexity index is 548. The maximum atomic E-state index is 5.41. The second-order valence-corrected chi connectivity index (χ2v) is 5.78. The maximum absolute atomic E-state index is 5.41. The third-order valence-electron chi connectivity index (χ3n) is 4.36. The summed E-state index contributed by atoms with van der Waals surface area (Å²) in [5, 5.41) is 7.51. The molecular formula is C16H22N4O. The van der Waals surface area contributed by atoms with Crippen LogP contribution >= 0.6 is 0 Å². The van der Waals surface area contributed by atoms with Crippen LogP contribution in [-0.4, -0.2) is 28.2 Å². The molecule has 1 saturated carbocycles. The third-order valence-corrected chi connectivity index (χ3v) is 4.36. The molecule has 112 valence electrons. The molecule has 0 aromatic carbocycles. The van der Waals surface area contributed by atoms with Crippen LogP contribution in [-0.2, 0) is 12.8 Å². The smallest absolute Gasteiger partial charge is 0.228 e. The molecule has 1 aliphatic rings. The Balaban J connectivity index is 1.61. The van der Waals surface area contributed by atoms with E-state index in [0.29, 0.717) is 12.5 Å². The molecule has 1 unspecified atom stereocenters. The van der Waals surface area contributed by atoms with E-state index in [9.17, 15) is 0 Å². The number of hydrogen-bond acceptors (Lipinski definition) is 5. The monoisotopic (exact) mass is 286 g/mol. The zero-order valence-electron chi connectivity index (χ0n) is 12.5. The zero-order valence-corrected chi connectivity index (χ0v) is 12.5. The highest BCUT2D eigenvalue weighted by molar-refractivity contribution is 5.14. The lowest BCUT2D eigenvalue weighted by Gasteiger charge is -2.20. The molecule has 0 radical (unpaired) electrons. The van der Waals surface area contributed by atoms with E-state index in [-0.39, 0.29) is 0 Å². The highest BCUT2D eigenvalue weighted by Crippen LogP contribution is 2.28. The number of hydrogen-bond donors (Lipinski definition) is 1. The van der Waals surface area contributed by atoms with Crippen molar-refractivity contribution < 1.29 is 4.52 Å². The summed E-state index contributed by atoms with van der Waals surface area (Å²) in [6.45, 7) is 0. The second-order valence-electron chi connectivity index (χ2n) is 5.78. The molecule has 0 amide bonds. The van der Waals surface area contributed by atoms with E-state index in [0.717, 1.165) is 29.6 Å². The summed E-state index contributed by atoms with van der Waals surface area (Å²) in [6.07, 6.45) is 10.4. The van der Waals surface area contributed by atoms with Gasteiger partial charge in [-0.05, 0) is 43.5 Å². The minimum Gasteiger partial charge on any atom is -0.339 e. The van der Waals surface area contributed by atoms with Crippen LogP contribution in [0.4, 0.5) is 0 Å². The minimum absolute atomic E-state index is 0.446. The first-order valence-corrected chi connectivity index (χ1v) is 7.73. The number of pyridine rings is 1. The van der Waals surface area contributed by atoms with E-state index in [2.05, 4.69) is 20.4 Å². The minimum atomic E-state index is 0.446. The van der Waals surface area contributed by atoms with E-state index in [1.54, 1.807) is 12.4 Å². The Kier molecular flexibility index (Phi) is 4.60. The summed E-state index contributed by atoms with van der Waals surface area (Å²) in [4.78, 5) is 8.54. The van der Waals surface area contributed by atoms with Crippen molar-refractivity contribution in [2.24, 2.45) is 5.92 Å². The van der Waals surface area contributed by atoms with E-state index in [1.807, 2.05) is 19.2 Å². The second kappa shape index (κ2) is 6.80. The van der Waals surface area contributed by atoms with Crippen LogP contribution in [0.25, 0.3) is 0 Å². The molecule has 0 spiro atoms. The van der Waals surface area contributed by atoms with Crippen LogP contribution in [0.2, 0.25) is 0 Å². The first kappa shape index (κ1) is 14.2. The number of likely N-dealkylation sites (N-methyl/N-ethyl adjacent to an activating group) is 1. The molecule has 2 aromatic rings. The third kappa shape index (κ3) is 3.67. The number of aromatic nitrogens is 3. The van der Waals surface area contributed by atoms with E-state index < -0.39 is 0 Å². The van der Waals surface area contributed by atoms with Crippen LogP contribution in [0.3, 0.4) is 0 Å². The van der Waals surface area contributed by atoms with Crippen molar-refractivity contribution in [2.75, 3.05) is 7.05 Å². The Labute approximate surface area is 125 Å². The van der Waals surface area contributed by atoms with E-state index >= 15 is 0 Å². The Morgan fingerprint density at radius 1 is 1.29 bits per heavy atom. The number of rotatable bonds is 6. The summed E-state index contributed by atoms with van der Waals surface area (Å²) in [5.41, 5.74) is 1.15. The van der Waals surface area contributed by atoms with Gasteiger partial charge in [-0.15, -0.1) is 0 Å². The lowest BCUT2D eigenvalue weighted by atomic mass is 9.95. The standard InChI is InChI=1S/C16H22N4O/c1-17-14(13-4-2-3-5-13)11-16-19-15(20-21-16)10-12-6-8-18-9-7-12/h6-9,13-14,17H,2-5,10-11H2,1H3. The molecule has 2 aromatic heterocycles. The average molecular weight is 286 g/mol. The van der Waals surface area contributed by atoms with Crippen LogP contribution in [0.5, 0.6) is 0 Å². The fraction of sp³-hybridized carbons (Fsp3) is 0.562. The molecule has 1 N–H and O–H groups in total. The van der Waals surface area contributed by atoms with Gasteiger partial charge in [-0.25, -0.2) is 0 Å². The van der Waals surface area contributed by atoms with Crippen molar-refractivity contribution in [3.05, 3.63) is 41.8 Å². The molecule has 0 bridgehead atoms. The SMILES string of the molecule is CNC(Cc1nc(Cc2ccncc2)no1)C1CCCC1. The molecule has 21 heavy (non-hydrogen) atoms. The van der Waals surface area contributed by atoms with E-state index in [4.69, 9.17) is 4.52 Å². The van der Waals surface area contributed by atoms with Crippen molar-refractivity contribution in [2.45, 2.75) is 44.6 Å². The molecule has 2 heterocycles. The number of nitrogens with zero attached hydrogens (tertiary/aromatic N) is 3. The highest BCUT2D eigenvalue weighted by Gasteiger charge is 2.25. The molecule has 1 aliphatic carbocycles. The lowest BCUT2D eigenvalue weighted by Crippen LogP contribution is -2.34. The molecule has 0 saturated heterocycles. The van der Waals surface area contributed by atoms with Crippen molar-refractivity contribution in [3.8, 4) is 0 Å². The Morgan fingerprint density at radius 3 is 2.76 bits per heavy atom. The number of nitrogens with one attached hydrogen (secondary N) is 1. The predicted octanol–water partition coefficient (Wildman–Crippen LogP) is 2.38. The van der Waals surface area contributed by atoms with Gasteiger partial charge in [-0.3, -0.25) is 4.98 Å². The highest BCUT2D eigenvalue weighted by atomic mass is 16.5. The normalized spacial score (nSPS) is 17.2. The quantitative estimate of drug-likeness (QED) is 0.883. The van der Waals surface area contributed by atoms with Gasteiger partial charge in [0.25, 0.3) is 0 Å². The molecular weight excluding hydrogens is 264 g/mol. The molecule has 5 nitrogen and oxygen atoms in total. The zero-order chi connectivity index (χ0) is 14.5. The summed E-state index contributed by atoms with van der Waals surface area (Å²) in [5.74, 6) is 2.23. The Hall–Kier alpha value is -1.75. The predicted molar refractivity (Wildman–Crippen MR) is 79.9 cm³/mol. The van der Waals surface area contributed by atoms with Crippen molar-refractivity contribution in [1.29, 1.82) is 0 Å². The molecule has 0 aliphatic heterocycles. The van der Waals surface area contributed by atoms with Crippen molar-refractivity contribution in [1.82, 2.24) is 20.4 Å². The van der Waals surface area contributed by atoms with Crippen molar-refractivity contribution >= 4 is 0 Å². The summed E-state index contributed by atoms with van der Waals surface area (Å²) in [6, 6.07) is 4.40. The van der Waals surface area contributed by atoms with Gasteiger partial charge in [-0.2, -0.15) is 4.98 Å². The average Bonchev–Trinajstić information content (AvgIpc) is 3.17. The molecule has 5 heteroatoms. The van der Waals surface area contributed by atoms with Crippen molar-refractivity contribution in [3.63, 3.8) is 0 Å². The fourth-order valence-electron chi connectivity index (χ4n) is 3.18. The van der Waals surface area contributed by atoms with Gasteiger partial charge in [0.15, 0.2) is 5.82 Å². The van der Waals surface area contributed by atoms with Gasteiger partial charge in [-0.1, -0.05) is 18.0 Å². The maximum Gasteiger partial charge on any atom is 0.228 e. The summed E-state index contributed by atoms with van der Waals surface area (Å²) < 4.78 is 5.41. The van der Waals surface area contributed by atoms with Crippen LogP contribution in [0, 0.1) is 5.92 Å². The molecule has 3 rings (SSSR count). The first-order valence-electron chi connectivity index (χ1n) is 7.73. The van der Waals surface area contributed by atoms with Crippen LogP contribution < -0.4 is 5.32 Å². The molecule has 1 fully saturated rings. The topological polar surface area (TPSA) is 63.8 Å². The summed E-state index contributed by atoms with van der Waals surface area (Å²) >= 11 is 0. The van der Waals surface area contributed by atoms with Gasteiger partial charge in [0.2, 0.25) is 5.89 Å². The van der Waals surface area contributed by atoms with Gasteiger partial charge in [0.1, 0.15) is 0 Å². The van der Waals surface area contributed by atoms with Gasteiger partial charge < -0.3 is 9.84 Å².